The van der Waals surface area contributed by atoms with Gasteiger partial charge in [0.25, 0.3) is 0 Å². The molecule has 0 amide bonds. The van der Waals surface area contributed by atoms with Gasteiger partial charge in [-0.25, -0.2) is 8.42 Å². The number of carboxylic acids is 1. The molecule has 1 atom stereocenters. The van der Waals surface area contributed by atoms with E-state index >= 15 is 0 Å². The molecule has 112 valence electrons. The first-order chi connectivity index (χ1) is 8.59. The van der Waals surface area contributed by atoms with Crippen LogP contribution in [0.5, 0.6) is 0 Å². The zero-order chi connectivity index (χ0) is 14.7. The lowest BCUT2D eigenvalue weighted by Crippen LogP contribution is -2.40. The second-order valence-electron chi connectivity index (χ2n) is 6.59. The molecule has 1 aliphatic heterocycles. The number of hydrogen-bond acceptors (Lipinski definition) is 4. The van der Waals surface area contributed by atoms with Gasteiger partial charge in [-0.1, -0.05) is 20.8 Å². The number of rotatable bonds is 6. The Bertz CT molecular complexity index is 411. The quantitative estimate of drug-likeness (QED) is 0.800. The average molecular weight is 291 g/mol. The fourth-order valence-electron chi connectivity index (χ4n) is 2.44. The standard InChI is InChI=1S/C13H25NO4S/c1-13(2,3)6-4-7-14(9-12(15)16)11-5-8-19(17,18)10-11/h11H,4-10H2,1-3H3,(H,15,16). The van der Waals surface area contributed by atoms with Crippen LogP contribution in [0.25, 0.3) is 0 Å². The highest BCUT2D eigenvalue weighted by Gasteiger charge is 2.32. The number of aliphatic carboxylic acids is 1. The molecule has 0 aliphatic carbocycles. The molecule has 0 radical (unpaired) electrons. The minimum Gasteiger partial charge on any atom is -0.480 e. The van der Waals surface area contributed by atoms with E-state index in [1.54, 1.807) is 0 Å². The predicted molar refractivity (Wildman–Crippen MR) is 75.0 cm³/mol. The third-order valence-electron chi connectivity index (χ3n) is 3.44. The molecule has 1 heterocycles. The van der Waals surface area contributed by atoms with Crippen LogP contribution in [0, 0.1) is 5.41 Å². The van der Waals surface area contributed by atoms with E-state index in [4.69, 9.17) is 5.11 Å². The van der Waals surface area contributed by atoms with Crippen molar-refractivity contribution >= 4 is 15.8 Å². The monoisotopic (exact) mass is 291 g/mol. The third-order valence-corrected chi connectivity index (χ3v) is 5.19. The van der Waals surface area contributed by atoms with Gasteiger partial charge in [0, 0.05) is 6.04 Å². The molecule has 1 rings (SSSR count). The van der Waals surface area contributed by atoms with Crippen LogP contribution in [0.3, 0.4) is 0 Å². The zero-order valence-corrected chi connectivity index (χ0v) is 12.9. The van der Waals surface area contributed by atoms with Crippen molar-refractivity contribution in [2.24, 2.45) is 5.41 Å². The van der Waals surface area contributed by atoms with Gasteiger partial charge in [-0.15, -0.1) is 0 Å². The van der Waals surface area contributed by atoms with E-state index in [9.17, 15) is 13.2 Å². The summed E-state index contributed by atoms with van der Waals surface area (Å²) >= 11 is 0. The van der Waals surface area contributed by atoms with Crippen LogP contribution >= 0.6 is 0 Å². The Morgan fingerprint density at radius 2 is 2.00 bits per heavy atom. The van der Waals surface area contributed by atoms with E-state index in [-0.39, 0.29) is 29.5 Å². The van der Waals surface area contributed by atoms with Gasteiger partial charge in [-0.2, -0.15) is 0 Å². The van der Waals surface area contributed by atoms with E-state index in [2.05, 4.69) is 20.8 Å². The Kier molecular flexibility index (Phi) is 5.38. The Labute approximate surface area is 115 Å². The molecule has 1 N–H and O–H groups in total. The summed E-state index contributed by atoms with van der Waals surface area (Å²) in [6, 6.07) is -0.124. The molecule has 1 saturated heterocycles. The average Bonchev–Trinajstić information content (AvgIpc) is 2.55. The van der Waals surface area contributed by atoms with Crippen LogP contribution in [0.4, 0.5) is 0 Å². The van der Waals surface area contributed by atoms with Crippen molar-refractivity contribution < 1.29 is 18.3 Å². The molecule has 0 spiro atoms. The highest BCUT2D eigenvalue weighted by atomic mass is 32.2. The lowest BCUT2D eigenvalue weighted by molar-refractivity contribution is -0.138. The van der Waals surface area contributed by atoms with Gasteiger partial charge in [0.05, 0.1) is 18.1 Å². The molecule has 1 unspecified atom stereocenters. The number of sulfone groups is 1. The number of carbonyl (C=O) groups is 1. The van der Waals surface area contributed by atoms with E-state index in [1.165, 1.54) is 0 Å². The fraction of sp³-hybridized carbons (Fsp3) is 0.923. The van der Waals surface area contributed by atoms with Gasteiger partial charge >= 0.3 is 5.97 Å². The van der Waals surface area contributed by atoms with Crippen LogP contribution < -0.4 is 0 Å². The second-order valence-corrected chi connectivity index (χ2v) is 8.81. The molecule has 0 bridgehead atoms. The smallest absolute Gasteiger partial charge is 0.317 e. The van der Waals surface area contributed by atoms with E-state index < -0.39 is 15.8 Å². The lowest BCUT2D eigenvalue weighted by atomic mass is 9.90. The SMILES string of the molecule is CC(C)(C)CCCN(CC(=O)O)C1CCS(=O)(=O)C1. The highest BCUT2D eigenvalue weighted by Crippen LogP contribution is 2.23. The summed E-state index contributed by atoms with van der Waals surface area (Å²) in [4.78, 5) is 12.7. The minimum atomic E-state index is -2.96. The maximum absolute atomic E-state index is 11.5. The maximum atomic E-state index is 11.5. The van der Waals surface area contributed by atoms with Crippen LogP contribution in [0.2, 0.25) is 0 Å². The van der Waals surface area contributed by atoms with Crippen LogP contribution in [0.1, 0.15) is 40.0 Å². The van der Waals surface area contributed by atoms with Crippen molar-refractivity contribution in [2.45, 2.75) is 46.1 Å². The molecule has 5 nitrogen and oxygen atoms in total. The van der Waals surface area contributed by atoms with Gasteiger partial charge < -0.3 is 5.11 Å². The van der Waals surface area contributed by atoms with Crippen LogP contribution in [-0.2, 0) is 14.6 Å². The molecule has 0 aromatic rings. The topological polar surface area (TPSA) is 74.7 Å². The van der Waals surface area contributed by atoms with Crippen LogP contribution in [-0.4, -0.2) is 55.0 Å². The first kappa shape index (κ1) is 16.4. The Balaban J connectivity index is 2.55. The predicted octanol–water partition coefficient (Wildman–Crippen LogP) is 1.39. The number of nitrogens with zero attached hydrogens (tertiary/aromatic N) is 1. The zero-order valence-electron chi connectivity index (χ0n) is 12.1. The van der Waals surface area contributed by atoms with Gasteiger partial charge in [-0.05, 0) is 31.2 Å². The number of hydrogen-bond donors (Lipinski definition) is 1. The summed E-state index contributed by atoms with van der Waals surface area (Å²) in [5.74, 6) is -0.594. The van der Waals surface area contributed by atoms with Crippen molar-refractivity contribution in [3.05, 3.63) is 0 Å². The summed E-state index contributed by atoms with van der Waals surface area (Å²) in [6.45, 7) is 7.03. The van der Waals surface area contributed by atoms with Crippen molar-refractivity contribution in [1.82, 2.24) is 4.90 Å². The van der Waals surface area contributed by atoms with Gasteiger partial charge in [-0.3, -0.25) is 9.69 Å². The van der Waals surface area contributed by atoms with Crippen LogP contribution in [0.15, 0.2) is 0 Å². The molecule has 1 fully saturated rings. The van der Waals surface area contributed by atoms with E-state index in [1.807, 2.05) is 4.90 Å². The summed E-state index contributed by atoms with van der Waals surface area (Å²) in [5.41, 5.74) is 0.219. The fourth-order valence-corrected chi connectivity index (χ4v) is 4.20. The Hall–Kier alpha value is -0.620. The van der Waals surface area contributed by atoms with Gasteiger partial charge in [0.2, 0.25) is 0 Å². The largest absolute Gasteiger partial charge is 0.480 e. The van der Waals surface area contributed by atoms with Crippen molar-refractivity contribution in [3.8, 4) is 0 Å². The first-order valence-corrected chi connectivity index (χ1v) is 8.57. The Morgan fingerprint density at radius 1 is 1.37 bits per heavy atom. The summed E-state index contributed by atoms with van der Waals surface area (Å²) in [5, 5.41) is 8.94. The Morgan fingerprint density at radius 3 is 2.42 bits per heavy atom. The third kappa shape index (κ3) is 6.38. The molecule has 0 saturated carbocycles. The summed E-state index contributed by atoms with van der Waals surface area (Å²) in [6.07, 6.45) is 2.46. The molecule has 19 heavy (non-hydrogen) atoms. The number of carboxylic acid groups (broad SMARTS) is 1. The van der Waals surface area contributed by atoms with Gasteiger partial charge in [0.1, 0.15) is 0 Å². The van der Waals surface area contributed by atoms with Crippen molar-refractivity contribution in [3.63, 3.8) is 0 Å². The first-order valence-electron chi connectivity index (χ1n) is 6.75. The van der Waals surface area contributed by atoms with E-state index in [0.717, 1.165) is 12.8 Å². The molecule has 0 aromatic heterocycles. The van der Waals surface area contributed by atoms with E-state index in [0.29, 0.717) is 13.0 Å². The summed E-state index contributed by atoms with van der Waals surface area (Å²) < 4.78 is 23.0. The second kappa shape index (κ2) is 6.22. The lowest BCUT2D eigenvalue weighted by Gasteiger charge is -2.27. The van der Waals surface area contributed by atoms with Crippen molar-refractivity contribution in [2.75, 3.05) is 24.6 Å². The van der Waals surface area contributed by atoms with Crippen molar-refractivity contribution in [1.29, 1.82) is 0 Å². The maximum Gasteiger partial charge on any atom is 0.317 e. The minimum absolute atomic E-state index is 0.0651. The molecular formula is C13H25NO4S. The molecule has 6 heteroatoms. The molecular weight excluding hydrogens is 266 g/mol. The molecule has 0 aromatic carbocycles. The highest BCUT2D eigenvalue weighted by molar-refractivity contribution is 7.91. The molecule has 1 aliphatic rings. The normalized spacial score (nSPS) is 22.8. The van der Waals surface area contributed by atoms with Gasteiger partial charge in [0.15, 0.2) is 9.84 Å². The summed E-state index contributed by atoms with van der Waals surface area (Å²) in [7, 11) is -2.96.